The summed E-state index contributed by atoms with van der Waals surface area (Å²) in [6, 6.07) is -0.0926. The summed E-state index contributed by atoms with van der Waals surface area (Å²) in [6.45, 7) is 21.7. The molecule has 1 radical (unpaired) electrons. The molecule has 2 N–H and O–H groups in total. The van der Waals surface area contributed by atoms with Gasteiger partial charge in [0.1, 0.15) is 0 Å². The largest absolute Gasteiger partial charge is 0.481 e. The molecule has 0 saturated heterocycles. The topological polar surface area (TPSA) is 60.8 Å². The minimum absolute atomic E-state index is 0.0447. The van der Waals surface area contributed by atoms with Gasteiger partial charge < -0.3 is 10.2 Å². The van der Waals surface area contributed by atoms with Crippen molar-refractivity contribution in [1.29, 1.82) is 0 Å². The van der Waals surface area contributed by atoms with E-state index in [-0.39, 0.29) is 12.6 Å². The Morgan fingerprint density at radius 3 is 1.91 bits per heavy atom. The van der Waals surface area contributed by atoms with Crippen molar-refractivity contribution < 1.29 is 15.0 Å². The number of hydrogen-bond acceptors (Lipinski definition) is 3. The van der Waals surface area contributed by atoms with Gasteiger partial charge in [-0.05, 0) is 31.1 Å². The van der Waals surface area contributed by atoms with Crippen LogP contribution in [0.4, 0.5) is 0 Å². The number of nitrogens with zero attached hydrogens (tertiary/aromatic N) is 1. The van der Waals surface area contributed by atoms with E-state index in [1.54, 1.807) is 6.08 Å². The van der Waals surface area contributed by atoms with Gasteiger partial charge in [0.05, 0.1) is 5.92 Å². The number of carbonyl (C=O) groups is 1. The van der Waals surface area contributed by atoms with Crippen LogP contribution in [0.3, 0.4) is 0 Å². The lowest BCUT2D eigenvalue weighted by molar-refractivity contribution is -0.144. The highest BCUT2D eigenvalue weighted by atomic mass is 16.4. The van der Waals surface area contributed by atoms with Gasteiger partial charge in [-0.1, -0.05) is 76.7 Å². The van der Waals surface area contributed by atoms with E-state index in [1.807, 2.05) is 18.2 Å². The monoisotopic (exact) mass is 446 g/mol. The Hall–Kier alpha value is -1.65. The molecule has 4 nitrogen and oxygen atoms in total. The highest BCUT2D eigenvalue weighted by Crippen LogP contribution is 2.52. The van der Waals surface area contributed by atoms with Gasteiger partial charge in [-0.3, -0.25) is 9.69 Å². The van der Waals surface area contributed by atoms with Crippen molar-refractivity contribution in [2.75, 3.05) is 19.7 Å². The number of rotatable bonds is 22. The van der Waals surface area contributed by atoms with Crippen LogP contribution in [-0.4, -0.2) is 46.8 Å². The number of aliphatic carboxylic acids is 1. The average molecular weight is 447 g/mol. The van der Waals surface area contributed by atoms with Crippen LogP contribution in [0.25, 0.3) is 0 Å². The first-order valence-corrected chi connectivity index (χ1v) is 12.3. The number of carboxylic acids is 1. The Bertz CT molecular complexity index is 549. The molecular weight excluding hydrogens is 398 g/mol. The number of hydrogen-bond donors (Lipinski definition) is 2. The third kappa shape index (κ3) is 9.07. The van der Waals surface area contributed by atoms with Crippen LogP contribution in [0.1, 0.15) is 78.1 Å². The Kier molecular flexibility index (Phi) is 16.9. The molecule has 0 aliphatic heterocycles. The number of aliphatic hydroxyl groups is 1. The second kappa shape index (κ2) is 17.9. The molecule has 3 atom stereocenters. The summed E-state index contributed by atoms with van der Waals surface area (Å²) in [5, 5.41) is 20.0. The molecule has 0 aromatic carbocycles. The van der Waals surface area contributed by atoms with Crippen molar-refractivity contribution in [3.05, 3.63) is 56.5 Å². The molecule has 32 heavy (non-hydrogen) atoms. The van der Waals surface area contributed by atoms with Crippen molar-refractivity contribution in [3.63, 3.8) is 0 Å². The molecule has 183 valence electrons. The first-order chi connectivity index (χ1) is 15.4. The van der Waals surface area contributed by atoms with Crippen molar-refractivity contribution in [2.45, 2.75) is 84.1 Å². The summed E-state index contributed by atoms with van der Waals surface area (Å²) in [4.78, 5) is 14.8. The lowest BCUT2D eigenvalue weighted by Crippen LogP contribution is -2.50. The van der Waals surface area contributed by atoms with Crippen LogP contribution in [0, 0.1) is 17.3 Å². The molecule has 0 aliphatic rings. The highest BCUT2D eigenvalue weighted by Gasteiger charge is 2.49. The van der Waals surface area contributed by atoms with E-state index in [2.05, 4.69) is 45.1 Å². The molecular formula is C28H48NO3. The summed E-state index contributed by atoms with van der Waals surface area (Å²) in [5.41, 5.74) is -0.585. The van der Waals surface area contributed by atoms with Crippen molar-refractivity contribution in [2.24, 2.45) is 11.3 Å². The SMILES string of the molecule is C=CCN(CC=C)C(C=C)[C](CCCCC)C(CCCO)(CCCCC)C(C=C)C(=O)O. The summed E-state index contributed by atoms with van der Waals surface area (Å²) >= 11 is 0. The fourth-order valence-electron chi connectivity index (χ4n) is 5.01. The van der Waals surface area contributed by atoms with Crippen molar-refractivity contribution in [3.8, 4) is 0 Å². The van der Waals surface area contributed by atoms with Gasteiger partial charge >= 0.3 is 5.97 Å². The molecule has 0 saturated carbocycles. The molecule has 3 unspecified atom stereocenters. The fraction of sp³-hybridized carbons (Fsp3) is 0.643. The second-order valence-electron chi connectivity index (χ2n) is 8.69. The normalized spacial score (nSPS) is 15.2. The van der Waals surface area contributed by atoms with Gasteiger partial charge in [0, 0.05) is 31.7 Å². The maximum Gasteiger partial charge on any atom is 0.310 e. The van der Waals surface area contributed by atoms with Gasteiger partial charge in [-0.2, -0.15) is 0 Å². The summed E-state index contributed by atoms with van der Waals surface area (Å²) in [7, 11) is 0. The molecule has 0 aliphatic carbocycles. The molecule has 4 heteroatoms. The Morgan fingerprint density at radius 2 is 1.47 bits per heavy atom. The predicted molar refractivity (Wildman–Crippen MR) is 138 cm³/mol. The molecule has 0 heterocycles. The molecule has 0 amide bonds. The Morgan fingerprint density at radius 1 is 0.906 bits per heavy atom. The molecule has 0 bridgehead atoms. The van der Waals surface area contributed by atoms with Gasteiger partial charge in [0.15, 0.2) is 0 Å². The zero-order valence-electron chi connectivity index (χ0n) is 20.7. The maximum atomic E-state index is 12.5. The minimum atomic E-state index is -0.843. The van der Waals surface area contributed by atoms with E-state index in [4.69, 9.17) is 0 Å². The smallest absolute Gasteiger partial charge is 0.310 e. The lowest BCUT2D eigenvalue weighted by Gasteiger charge is -2.49. The fourth-order valence-corrected chi connectivity index (χ4v) is 5.01. The average Bonchev–Trinajstić information content (AvgIpc) is 2.77. The zero-order chi connectivity index (χ0) is 24.4. The first-order valence-electron chi connectivity index (χ1n) is 12.3. The van der Waals surface area contributed by atoms with E-state index in [0.717, 1.165) is 51.4 Å². The van der Waals surface area contributed by atoms with E-state index in [1.165, 1.54) is 5.92 Å². The van der Waals surface area contributed by atoms with Crippen LogP contribution >= 0.6 is 0 Å². The number of aliphatic hydroxyl groups excluding tert-OH is 1. The third-order valence-electron chi connectivity index (χ3n) is 6.49. The maximum absolute atomic E-state index is 12.5. The highest BCUT2D eigenvalue weighted by molar-refractivity contribution is 5.74. The van der Waals surface area contributed by atoms with Gasteiger partial charge in [0.25, 0.3) is 0 Å². The third-order valence-corrected chi connectivity index (χ3v) is 6.49. The van der Waals surface area contributed by atoms with E-state index < -0.39 is 17.3 Å². The second-order valence-corrected chi connectivity index (χ2v) is 8.69. The predicted octanol–water partition coefficient (Wildman–Crippen LogP) is 6.60. The zero-order valence-corrected chi connectivity index (χ0v) is 20.7. The Balaban J connectivity index is 6.71. The first kappa shape index (κ1) is 30.4. The number of carboxylic acid groups (broad SMARTS) is 1. The van der Waals surface area contributed by atoms with E-state index in [9.17, 15) is 15.0 Å². The van der Waals surface area contributed by atoms with Crippen LogP contribution in [0.5, 0.6) is 0 Å². The quantitative estimate of drug-likeness (QED) is 0.145. The summed E-state index contributed by atoms with van der Waals surface area (Å²) in [5.74, 6) is -0.343. The lowest BCUT2D eigenvalue weighted by atomic mass is 9.57. The molecule has 0 aromatic heterocycles. The number of unbranched alkanes of at least 4 members (excludes halogenated alkanes) is 4. The molecule has 0 aromatic rings. The van der Waals surface area contributed by atoms with E-state index in [0.29, 0.717) is 25.9 Å². The standard InChI is InChI=1S/C28H48NO3/c1-7-13-15-18-25(26(12-6)29(21-9-3)22-10-4)28(20-17-23-30,19-16-14-8-2)24(11-5)27(31)32/h9-12,24,26,30H,3-8,13-23H2,1-2H3,(H,31,32). The molecule has 0 spiro atoms. The van der Waals surface area contributed by atoms with Gasteiger partial charge in [-0.25, -0.2) is 0 Å². The van der Waals surface area contributed by atoms with Crippen LogP contribution in [0.2, 0.25) is 0 Å². The van der Waals surface area contributed by atoms with Crippen LogP contribution in [0.15, 0.2) is 50.6 Å². The summed E-state index contributed by atoms with van der Waals surface area (Å²) < 4.78 is 0. The van der Waals surface area contributed by atoms with Gasteiger partial charge in [0.2, 0.25) is 0 Å². The molecule has 0 rings (SSSR count). The van der Waals surface area contributed by atoms with Crippen LogP contribution < -0.4 is 0 Å². The van der Waals surface area contributed by atoms with Gasteiger partial charge in [-0.15, -0.1) is 26.3 Å². The minimum Gasteiger partial charge on any atom is -0.481 e. The van der Waals surface area contributed by atoms with Crippen molar-refractivity contribution in [1.82, 2.24) is 4.90 Å². The van der Waals surface area contributed by atoms with Crippen molar-refractivity contribution >= 4 is 5.97 Å². The van der Waals surface area contributed by atoms with E-state index >= 15 is 0 Å². The summed E-state index contributed by atoms with van der Waals surface area (Å²) in [6.07, 6.45) is 16.4. The van der Waals surface area contributed by atoms with Crippen LogP contribution in [-0.2, 0) is 4.79 Å². The molecule has 0 fully saturated rings. The Labute approximate surface area is 197 Å².